The van der Waals surface area contributed by atoms with Crippen molar-refractivity contribution >= 4 is 11.0 Å². The molecule has 0 saturated carbocycles. The van der Waals surface area contributed by atoms with Crippen molar-refractivity contribution in [3.8, 4) is 40.5 Å². The molecule has 0 aliphatic rings. The fourth-order valence-corrected chi connectivity index (χ4v) is 3.19. The molecule has 30 heavy (non-hydrogen) atoms. The molecule has 152 valence electrons. The van der Waals surface area contributed by atoms with Crippen LogP contribution >= 0.6 is 0 Å². The average molecular weight is 405 g/mol. The Hall–Kier alpha value is -4.01. The number of benzene rings is 2. The molecular weight excluding hydrogens is 386 g/mol. The number of hydrogen-bond acceptors (Lipinski definition) is 8. The second-order valence-corrected chi connectivity index (χ2v) is 6.46. The van der Waals surface area contributed by atoms with Gasteiger partial charge in [0.15, 0.2) is 0 Å². The van der Waals surface area contributed by atoms with Crippen LogP contribution in [0.3, 0.4) is 0 Å². The van der Waals surface area contributed by atoms with Gasteiger partial charge < -0.3 is 19.0 Å². The van der Waals surface area contributed by atoms with Crippen LogP contribution in [-0.2, 0) is 6.54 Å². The maximum Gasteiger partial charge on any atom is 0.344 e. The summed E-state index contributed by atoms with van der Waals surface area (Å²) in [5, 5.41) is 28.8. The molecule has 2 aromatic carbocycles. The van der Waals surface area contributed by atoms with E-state index in [-0.39, 0.29) is 36.5 Å². The molecule has 1 heterocycles. The first kappa shape index (κ1) is 20.7. The lowest BCUT2D eigenvalue weighted by molar-refractivity contribution is 0.326. The molecule has 0 saturated heterocycles. The molecule has 1 N–H and O–H groups in total. The van der Waals surface area contributed by atoms with Crippen molar-refractivity contribution in [1.29, 1.82) is 10.5 Å². The van der Waals surface area contributed by atoms with Crippen LogP contribution in [0, 0.1) is 22.7 Å². The van der Waals surface area contributed by atoms with E-state index in [4.69, 9.17) is 24.4 Å². The predicted octanol–water partition coefficient (Wildman–Crippen LogP) is 3.03. The van der Waals surface area contributed by atoms with Crippen LogP contribution in [0.2, 0.25) is 0 Å². The van der Waals surface area contributed by atoms with E-state index >= 15 is 0 Å². The maximum absolute atomic E-state index is 12.8. The van der Waals surface area contributed by atoms with E-state index in [0.29, 0.717) is 28.0 Å². The minimum Gasteiger partial charge on any atom is -0.507 e. The SMILES string of the molecule is COc1ccc(OC)c(-c2cc3ccc(O)c(CN(CC#N)CC#N)c3oc2=O)c1. The third kappa shape index (κ3) is 4.04. The Morgan fingerprint density at radius 1 is 1.03 bits per heavy atom. The number of aromatic hydroxyl groups is 1. The Labute approximate surface area is 172 Å². The summed E-state index contributed by atoms with van der Waals surface area (Å²) in [7, 11) is 3.03. The zero-order valence-electron chi connectivity index (χ0n) is 16.5. The number of ether oxygens (including phenoxy) is 2. The summed E-state index contributed by atoms with van der Waals surface area (Å²) >= 11 is 0. The largest absolute Gasteiger partial charge is 0.507 e. The normalized spacial score (nSPS) is 10.6. The second-order valence-electron chi connectivity index (χ2n) is 6.46. The Morgan fingerprint density at radius 2 is 1.77 bits per heavy atom. The predicted molar refractivity (Wildman–Crippen MR) is 109 cm³/mol. The molecule has 0 bridgehead atoms. The van der Waals surface area contributed by atoms with Crippen molar-refractivity contribution in [3.05, 3.63) is 52.4 Å². The fourth-order valence-electron chi connectivity index (χ4n) is 3.19. The van der Waals surface area contributed by atoms with Gasteiger partial charge in [0.05, 0.1) is 50.6 Å². The van der Waals surface area contributed by atoms with Gasteiger partial charge in [0.2, 0.25) is 0 Å². The first-order chi connectivity index (χ1) is 14.5. The number of nitrogens with zero attached hydrogens (tertiary/aromatic N) is 3. The van der Waals surface area contributed by atoms with E-state index in [9.17, 15) is 9.90 Å². The van der Waals surface area contributed by atoms with Gasteiger partial charge in [-0.1, -0.05) is 0 Å². The molecular formula is C22H19N3O5. The summed E-state index contributed by atoms with van der Waals surface area (Å²) in [6, 6.07) is 13.8. The van der Waals surface area contributed by atoms with Gasteiger partial charge in [-0.25, -0.2) is 4.79 Å². The Morgan fingerprint density at radius 3 is 2.40 bits per heavy atom. The van der Waals surface area contributed by atoms with Crippen molar-refractivity contribution in [2.75, 3.05) is 27.3 Å². The molecule has 8 nitrogen and oxygen atoms in total. The van der Waals surface area contributed by atoms with Gasteiger partial charge in [-0.2, -0.15) is 10.5 Å². The summed E-state index contributed by atoms with van der Waals surface area (Å²) in [4.78, 5) is 14.4. The molecule has 0 unspecified atom stereocenters. The number of methoxy groups -OCH3 is 2. The quantitative estimate of drug-likeness (QED) is 0.470. The zero-order valence-corrected chi connectivity index (χ0v) is 16.5. The third-order valence-corrected chi connectivity index (χ3v) is 4.65. The lowest BCUT2D eigenvalue weighted by Crippen LogP contribution is -2.24. The average Bonchev–Trinajstić information content (AvgIpc) is 2.75. The van der Waals surface area contributed by atoms with Crippen molar-refractivity contribution in [1.82, 2.24) is 4.90 Å². The lowest BCUT2D eigenvalue weighted by Gasteiger charge is -2.17. The Bertz CT molecular complexity index is 1200. The summed E-state index contributed by atoms with van der Waals surface area (Å²) in [6.45, 7) is 0.0640. The minimum atomic E-state index is -0.618. The molecule has 0 aliphatic heterocycles. The summed E-state index contributed by atoms with van der Waals surface area (Å²) in [5.41, 5.74) is 0.706. The van der Waals surface area contributed by atoms with Crippen LogP contribution in [-0.4, -0.2) is 37.3 Å². The molecule has 8 heteroatoms. The number of nitriles is 2. The number of hydrogen-bond donors (Lipinski definition) is 1. The Balaban J connectivity index is 2.17. The van der Waals surface area contributed by atoms with Gasteiger partial charge in [-0.15, -0.1) is 0 Å². The fraction of sp³-hybridized carbons (Fsp3) is 0.227. The van der Waals surface area contributed by atoms with E-state index in [1.807, 2.05) is 12.1 Å². The molecule has 1 aromatic heterocycles. The highest BCUT2D eigenvalue weighted by molar-refractivity contribution is 5.87. The zero-order chi connectivity index (χ0) is 21.7. The van der Waals surface area contributed by atoms with Crippen LogP contribution in [0.15, 0.2) is 45.6 Å². The van der Waals surface area contributed by atoms with Crippen molar-refractivity contribution in [3.63, 3.8) is 0 Å². The number of phenolic OH excluding ortho intramolecular Hbond substituents is 1. The summed E-state index contributed by atoms with van der Waals surface area (Å²) < 4.78 is 16.2. The third-order valence-electron chi connectivity index (χ3n) is 4.65. The molecule has 3 rings (SSSR count). The molecule has 0 atom stereocenters. The first-order valence-corrected chi connectivity index (χ1v) is 8.99. The van der Waals surface area contributed by atoms with Crippen LogP contribution in [0.5, 0.6) is 17.2 Å². The maximum atomic E-state index is 12.8. The number of rotatable bonds is 7. The molecule has 0 radical (unpaired) electrons. The monoisotopic (exact) mass is 405 g/mol. The highest BCUT2D eigenvalue weighted by Crippen LogP contribution is 2.35. The van der Waals surface area contributed by atoms with Gasteiger partial charge >= 0.3 is 5.63 Å². The highest BCUT2D eigenvalue weighted by atomic mass is 16.5. The van der Waals surface area contributed by atoms with Crippen molar-refractivity contribution < 1.29 is 19.0 Å². The minimum absolute atomic E-state index is 0.00723. The van der Waals surface area contributed by atoms with E-state index in [1.165, 1.54) is 25.2 Å². The van der Waals surface area contributed by atoms with Gasteiger partial charge in [0.1, 0.15) is 22.8 Å². The topological polar surface area (TPSA) is 120 Å². The van der Waals surface area contributed by atoms with Crippen LogP contribution in [0.1, 0.15) is 5.56 Å². The van der Waals surface area contributed by atoms with Crippen molar-refractivity contribution in [2.45, 2.75) is 6.54 Å². The molecule has 0 spiro atoms. The van der Waals surface area contributed by atoms with Crippen LogP contribution < -0.4 is 15.1 Å². The van der Waals surface area contributed by atoms with E-state index < -0.39 is 5.63 Å². The van der Waals surface area contributed by atoms with Crippen molar-refractivity contribution in [2.24, 2.45) is 0 Å². The van der Waals surface area contributed by atoms with Gasteiger partial charge in [-0.3, -0.25) is 4.90 Å². The standard InChI is InChI=1S/C22H19N3O5/c1-28-15-4-6-20(29-2)16(12-15)17-11-14-3-5-19(26)18(21(14)30-22(17)27)13-25(9-7-23)10-8-24/h3-6,11-12,26H,9-10,13H2,1-2H3. The van der Waals surface area contributed by atoms with Crippen LogP contribution in [0.4, 0.5) is 0 Å². The van der Waals surface area contributed by atoms with E-state index in [2.05, 4.69) is 0 Å². The first-order valence-electron chi connectivity index (χ1n) is 8.99. The summed E-state index contributed by atoms with van der Waals surface area (Å²) in [6.07, 6.45) is 0. The molecule has 3 aromatic rings. The van der Waals surface area contributed by atoms with Gasteiger partial charge in [0.25, 0.3) is 0 Å². The van der Waals surface area contributed by atoms with Gasteiger partial charge in [0, 0.05) is 17.5 Å². The van der Waals surface area contributed by atoms with Crippen LogP contribution in [0.25, 0.3) is 22.1 Å². The number of phenols is 1. The van der Waals surface area contributed by atoms with E-state index in [1.54, 1.807) is 30.3 Å². The Kier molecular flexibility index (Phi) is 6.21. The molecule has 0 aliphatic carbocycles. The summed E-state index contributed by atoms with van der Waals surface area (Å²) in [5.74, 6) is 0.953. The highest BCUT2D eigenvalue weighted by Gasteiger charge is 2.18. The lowest BCUT2D eigenvalue weighted by atomic mass is 10.0. The smallest absolute Gasteiger partial charge is 0.344 e. The van der Waals surface area contributed by atoms with E-state index in [0.717, 1.165) is 0 Å². The number of fused-ring (bicyclic) bond motifs is 1. The van der Waals surface area contributed by atoms with Gasteiger partial charge in [-0.05, 0) is 36.4 Å². The molecule has 0 amide bonds. The molecule has 0 fully saturated rings. The second kappa shape index (κ2) is 8.99.